The van der Waals surface area contributed by atoms with E-state index in [-0.39, 0.29) is 6.54 Å². The molecule has 6 heteroatoms. The van der Waals surface area contributed by atoms with E-state index in [1.165, 1.54) is 13.8 Å². The lowest BCUT2D eigenvalue weighted by atomic mass is 10.1. The summed E-state index contributed by atoms with van der Waals surface area (Å²) in [6.07, 6.45) is -2.76. The zero-order valence-corrected chi connectivity index (χ0v) is 7.84. The van der Waals surface area contributed by atoms with Gasteiger partial charge in [0, 0.05) is 6.20 Å². The van der Waals surface area contributed by atoms with Crippen LogP contribution in [-0.2, 0) is 12.7 Å². The number of alkyl halides is 3. The lowest BCUT2D eigenvalue weighted by molar-refractivity contribution is -0.137. The summed E-state index contributed by atoms with van der Waals surface area (Å²) in [7, 11) is 0. The number of nitrogens with zero attached hydrogens (tertiary/aromatic N) is 2. The average Bonchev–Trinajstić information content (AvgIpc) is 2.29. The monoisotopic (exact) mass is 208 g/mol. The van der Waals surface area contributed by atoms with Gasteiger partial charge in [0.1, 0.15) is 0 Å². The molecular formula is C8H11F3N2O. The molecule has 1 rings (SSSR count). The van der Waals surface area contributed by atoms with E-state index in [2.05, 4.69) is 5.10 Å². The number of hydrogen-bond donors (Lipinski definition) is 1. The van der Waals surface area contributed by atoms with Crippen molar-refractivity contribution in [2.45, 2.75) is 32.2 Å². The van der Waals surface area contributed by atoms with Crippen LogP contribution in [0.1, 0.15) is 19.4 Å². The molecule has 0 aliphatic rings. The molecule has 1 aromatic heterocycles. The lowest BCUT2D eigenvalue weighted by Gasteiger charge is -2.16. The van der Waals surface area contributed by atoms with Gasteiger partial charge in [-0.1, -0.05) is 0 Å². The van der Waals surface area contributed by atoms with Crippen molar-refractivity contribution in [1.82, 2.24) is 9.78 Å². The maximum absolute atomic E-state index is 12.1. The second-order valence-corrected chi connectivity index (χ2v) is 3.74. The Hall–Kier alpha value is -1.04. The van der Waals surface area contributed by atoms with Crippen molar-refractivity contribution >= 4 is 0 Å². The molecule has 1 heterocycles. The molecule has 0 amide bonds. The molecule has 0 fully saturated rings. The Labute approximate surface area is 79.2 Å². The van der Waals surface area contributed by atoms with Crippen molar-refractivity contribution in [2.24, 2.45) is 0 Å². The number of aliphatic hydroxyl groups is 1. The van der Waals surface area contributed by atoms with Crippen molar-refractivity contribution in [3.05, 3.63) is 18.0 Å². The Morgan fingerprint density at radius 2 is 2.00 bits per heavy atom. The fourth-order valence-electron chi connectivity index (χ4n) is 0.993. The molecule has 0 unspecified atom stereocenters. The molecule has 1 aromatic rings. The molecule has 0 bridgehead atoms. The molecule has 3 nitrogen and oxygen atoms in total. The maximum Gasteiger partial charge on any atom is 0.419 e. The Kier molecular flexibility index (Phi) is 2.58. The zero-order chi connectivity index (χ0) is 11.0. The van der Waals surface area contributed by atoms with Crippen LogP contribution in [-0.4, -0.2) is 20.5 Å². The van der Waals surface area contributed by atoms with E-state index in [1.54, 1.807) is 0 Å². The summed E-state index contributed by atoms with van der Waals surface area (Å²) in [5.41, 5.74) is -1.88. The summed E-state index contributed by atoms with van der Waals surface area (Å²) in [6, 6.07) is 0. The van der Waals surface area contributed by atoms with Crippen LogP contribution in [0.15, 0.2) is 12.4 Å². The Morgan fingerprint density at radius 1 is 1.43 bits per heavy atom. The van der Waals surface area contributed by atoms with Gasteiger partial charge in [-0.05, 0) is 13.8 Å². The van der Waals surface area contributed by atoms with E-state index in [9.17, 15) is 18.3 Å². The molecule has 1 N–H and O–H groups in total. The summed E-state index contributed by atoms with van der Waals surface area (Å²) in [6.45, 7) is 3.03. The van der Waals surface area contributed by atoms with Crippen molar-refractivity contribution in [1.29, 1.82) is 0 Å². The van der Waals surface area contributed by atoms with Crippen LogP contribution in [0, 0.1) is 0 Å². The Balaban J connectivity index is 2.79. The van der Waals surface area contributed by atoms with Crippen molar-refractivity contribution in [2.75, 3.05) is 0 Å². The summed E-state index contributed by atoms with van der Waals surface area (Å²) in [5, 5.41) is 12.8. The molecule has 14 heavy (non-hydrogen) atoms. The molecule has 0 aliphatic carbocycles. The van der Waals surface area contributed by atoms with Crippen molar-refractivity contribution in [3.8, 4) is 0 Å². The van der Waals surface area contributed by atoms with Gasteiger partial charge in [0.25, 0.3) is 0 Å². The topological polar surface area (TPSA) is 38.0 Å². The molecule has 0 radical (unpaired) electrons. The van der Waals surface area contributed by atoms with Gasteiger partial charge in [0.05, 0.1) is 23.9 Å². The van der Waals surface area contributed by atoms with E-state index < -0.39 is 17.3 Å². The first-order valence-corrected chi connectivity index (χ1v) is 4.00. The highest BCUT2D eigenvalue weighted by molar-refractivity contribution is 5.08. The van der Waals surface area contributed by atoms with Gasteiger partial charge < -0.3 is 5.11 Å². The zero-order valence-electron chi connectivity index (χ0n) is 7.84. The molecule has 0 atom stereocenters. The largest absolute Gasteiger partial charge is 0.419 e. The predicted molar refractivity (Wildman–Crippen MR) is 43.5 cm³/mol. The van der Waals surface area contributed by atoms with E-state index in [4.69, 9.17) is 0 Å². The number of halogens is 3. The van der Waals surface area contributed by atoms with Gasteiger partial charge in [-0.25, -0.2) is 0 Å². The van der Waals surface area contributed by atoms with Gasteiger partial charge in [-0.3, -0.25) is 4.68 Å². The van der Waals surface area contributed by atoms with Crippen LogP contribution >= 0.6 is 0 Å². The second-order valence-electron chi connectivity index (χ2n) is 3.74. The summed E-state index contributed by atoms with van der Waals surface area (Å²) in [4.78, 5) is 0. The molecule has 0 saturated carbocycles. The first-order chi connectivity index (χ1) is 6.18. The van der Waals surface area contributed by atoms with Crippen LogP contribution in [0.25, 0.3) is 0 Å². The molecule has 0 aliphatic heterocycles. The van der Waals surface area contributed by atoms with Gasteiger partial charge in [0.2, 0.25) is 0 Å². The average molecular weight is 208 g/mol. The van der Waals surface area contributed by atoms with Crippen LogP contribution in [0.3, 0.4) is 0 Å². The minimum absolute atomic E-state index is 0.0308. The highest BCUT2D eigenvalue weighted by atomic mass is 19.4. The van der Waals surface area contributed by atoms with Crippen LogP contribution in [0.4, 0.5) is 13.2 Å². The quantitative estimate of drug-likeness (QED) is 0.802. The third kappa shape index (κ3) is 3.02. The first-order valence-electron chi connectivity index (χ1n) is 4.00. The SMILES string of the molecule is CC(C)(O)Cn1cc(C(F)(F)F)cn1. The molecule has 0 spiro atoms. The Bertz CT molecular complexity index is 311. The minimum Gasteiger partial charge on any atom is -0.389 e. The highest BCUT2D eigenvalue weighted by Gasteiger charge is 2.32. The normalized spacial score (nSPS) is 13.3. The van der Waals surface area contributed by atoms with Crippen LogP contribution < -0.4 is 0 Å². The summed E-state index contributed by atoms with van der Waals surface area (Å²) < 4.78 is 37.4. The fraction of sp³-hybridized carbons (Fsp3) is 0.625. The lowest BCUT2D eigenvalue weighted by Crippen LogP contribution is -2.26. The minimum atomic E-state index is -4.38. The van der Waals surface area contributed by atoms with E-state index in [0.29, 0.717) is 0 Å². The molecule has 0 aromatic carbocycles. The molecular weight excluding hydrogens is 197 g/mol. The fourth-order valence-corrected chi connectivity index (χ4v) is 0.993. The van der Waals surface area contributed by atoms with E-state index in [0.717, 1.165) is 17.1 Å². The molecule has 0 saturated heterocycles. The third-order valence-electron chi connectivity index (χ3n) is 1.51. The Morgan fingerprint density at radius 3 is 2.36 bits per heavy atom. The first kappa shape index (κ1) is 11.0. The standard InChI is InChI=1S/C8H11F3N2O/c1-7(2,14)5-13-4-6(3-12-13)8(9,10)11/h3-4,14H,5H2,1-2H3. The molecule has 80 valence electrons. The van der Waals surface area contributed by atoms with E-state index >= 15 is 0 Å². The van der Waals surface area contributed by atoms with Crippen molar-refractivity contribution in [3.63, 3.8) is 0 Å². The van der Waals surface area contributed by atoms with Crippen LogP contribution in [0.5, 0.6) is 0 Å². The summed E-state index contributed by atoms with van der Waals surface area (Å²) in [5.74, 6) is 0. The number of aromatic nitrogens is 2. The van der Waals surface area contributed by atoms with Gasteiger partial charge in [0.15, 0.2) is 0 Å². The summed E-state index contributed by atoms with van der Waals surface area (Å²) >= 11 is 0. The van der Waals surface area contributed by atoms with Crippen LogP contribution in [0.2, 0.25) is 0 Å². The van der Waals surface area contributed by atoms with Gasteiger partial charge >= 0.3 is 6.18 Å². The predicted octanol–water partition coefficient (Wildman–Crippen LogP) is 1.67. The number of hydrogen-bond acceptors (Lipinski definition) is 2. The van der Waals surface area contributed by atoms with Gasteiger partial charge in [-0.15, -0.1) is 0 Å². The van der Waals surface area contributed by atoms with Gasteiger partial charge in [-0.2, -0.15) is 18.3 Å². The second kappa shape index (κ2) is 3.27. The third-order valence-corrected chi connectivity index (χ3v) is 1.51. The maximum atomic E-state index is 12.1. The van der Waals surface area contributed by atoms with Crippen molar-refractivity contribution < 1.29 is 18.3 Å². The number of rotatable bonds is 2. The van der Waals surface area contributed by atoms with E-state index in [1.807, 2.05) is 0 Å². The highest BCUT2D eigenvalue weighted by Crippen LogP contribution is 2.28. The smallest absolute Gasteiger partial charge is 0.389 e.